The van der Waals surface area contributed by atoms with Crippen LogP contribution in [0.3, 0.4) is 0 Å². The van der Waals surface area contributed by atoms with Crippen molar-refractivity contribution in [2.45, 2.75) is 0 Å². The van der Waals surface area contributed by atoms with Crippen LogP contribution in [0.15, 0.2) is 251 Å². The lowest BCUT2D eigenvalue weighted by Crippen LogP contribution is -2.10. The van der Waals surface area contributed by atoms with E-state index in [-0.39, 0.29) is 0 Å². The average molecular weight is 973 g/mol. The first-order chi connectivity index (χ1) is 37.6. The second-order valence-electron chi connectivity index (χ2n) is 19.1. The van der Waals surface area contributed by atoms with E-state index in [4.69, 9.17) is 8.83 Å². The van der Waals surface area contributed by atoms with Crippen molar-refractivity contribution < 1.29 is 8.83 Å². The van der Waals surface area contributed by atoms with Gasteiger partial charge >= 0.3 is 0 Å². The highest BCUT2D eigenvalue weighted by Crippen LogP contribution is 2.48. The van der Waals surface area contributed by atoms with Crippen LogP contribution in [-0.2, 0) is 0 Å². The van der Waals surface area contributed by atoms with E-state index in [9.17, 15) is 10.5 Å². The lowest BCUT2D eigenvalue weighted by molar-refractivity contribution is 0.672. The second kappa shape index (κ2) is 16.9. The van der Waals surface area contributed by atoms with Gasteiger partial charge in [-0.15, -0.1) is 0 Å². The third kappa shape index (κ3) is 6.42. The highest BCUT2D eigenvalue weighted by Gasteiger charge is 2.28. The summed E-state index contributed by atoms with van der Waals surface area (Å²) in [6.45, 7) is 0. The maximum atomic E-state index is 11.5. The minimum absolute atomic E-state index is 0.340. The van der Waals surface area contributed by atoms with Crippen molar-refractivity contribution in [1.82, 2.24) is 9.13 Å². The molecular formula is C68H40N6O2. The van der Waals surface area contributed by atoms with Crippen LogP contribution in [0.4, 0.5) is 34.1 Å². The second-order valence-corrected chi connectivity index (χ2v) is 19.1. The Morgan fingerprint density at radius 2 is 0.737 bits per heavy atom. The average Bonchev–Trinajstić information content (AvgIpc) is 4.24. The molecule has 76 heavy (non-hydrogen) atoms. The quantitative estimate of drug-likeness (QED) is 0.151. The molecule has 0 fully saturated rings. The van der Waals surface area contributed by atoms with E-state index in [0.29, 0.717) is 22.5 Å². The van der Waals surface area contributed by atoms with Crippen molar-refractivity contribution in [3.8, 4) is 23.5 Å². The molecule has 0 saturated carbocycles. The van der Waals surface area contributed by atoms with Crippen molar-refractivity contribution in [2.75, 3.05) is 9.80 Å². The summed E-state index contributed by atoms with van der Waals surface area (Å²) in [5.41, 5.74) is 14.4. The number of furan rings is 2. The Bertz CT molecular complexity index is 4820. The zero-order chi connectivity index (χ0) is 50.4. The maximum absolute atomic E-state index is 11.5. The molecular weight excluding hydrogens is 933 g/mol. The summed E-state index contributed by atoms with van der Waals surface area (Å²) in [5.74, 6) is 0. The largest absolute Gasteiger partial charge is 0.455 e. The normalized spacial score (nSPS) is 11.7. The Morgan fingerprint density at radius 3 is 1.18 bits per heavy atom. The van der Waals surface area contributed by atoms with Crippen molar-refractivity contribution >= 4 is 122 Å². The van der Waals surface area contributed by atoms with Crippen LogP contribution in [0.5, 0.6) is 0 Å². The molecule has 15 aromatic rings. The van der Waals surface area contributed by atoms with Crippen LogP contribution in [0.2, 0.25) is 0 Å². The van der Waals surface area contributed by atoms with Crippen molar-refractivity contribution in [1.29, 1.82) is 10.5 Å². The molecule has 0 unspecified atom stereocenters. The van der Waals surface area contributed by atoms with E-state index in [1.165, 1.54) is 0 Å². The van der Waals surface area contributed by atoms with Gasteiger partial charge in [-0.1, -0.05) is 109 Å². The number of benzene rings is 11. The molecule has 0 atom stereocenters. The minimum Gasteiger partial charge on any atom is -0.455 e. The van der Waals surface area contributed by atoms with E-state index in [1.807, 2.05) is 66.7 Å². The molecule has 0 spiro atoms. The third-order valence-electron chi connectivity index (χ3n) is 14.9. The number of aromatic nitrogens is 2. The number of hydrogen-bond acceptors (Lipinski definition) is 6. The molecule has 0 saturated heterocycles. The molecule has 0 aliphatic rings. The Hall–Kier alpha value is -10.8. The molecule has 354 valence electrons. The maximum Gasteiger partial charge on any atom is 0.145 e. The summed E-state index contributed by atoms with van der Waals surface area (Å²) < 4.78 is 18.2. The van der Waals surface area contributed by atoms with E-state index < -0.39 is 0 Å². The van der Waals surface area contributed by atoms with Gasteiger partial charge in [0.05, 0.1) is 61.4 Å². The van der Waals surface area contributed by atoms with Crippen molar-refractivity contribution in [2.24, 2.45) is 0 Å². The molecule has 0 bridgehead atoms. The van der Waals surface area contributed by atoms with Gasteiger partial charge in [0.15, 0.2) is 0 Å². The smallest absolute Gasteiger partial charge is 0.145 e. The Kier molecular flexibility index (Phi) is 9.52. The van der Waals surface area contributed by atoms with Gasteiger partial charge in [0.2, 0.25) is 0 Å². The molecule has 0 amide bonds. The lowest BCUT2D eigenvalue weighted by Gasteiger charge is -2.25. The van der Waals surface area contributed by atoms with Gasteiger partial charge in [0.25, 0.3) is 0 Å². The third-order valence-corrected chi connectivity index (χ3v) is 14.9. The number of para-hydroxylation sites is 6. The summed E-state index contributed by atoms with van der Waals surface area (Å²) in [4.78, 5) is 4.52. The Balaban J connectivity index is 1.07. The van der Waals surface area contributed by atoms with E-state index in [2.05, 4.69) is 201 Å². The summed E-state index contributed by atoms with van der Waals surface area (Å²) in [7, 11) is 0. The first kappa shape index (κ1) is 42.8. The molecule has 0 aliphatic carbocycles. The fourth-order valence-corrected chi connectivity index (χ4v) is 11.7. The molecule has 0 aliphatic heterocycles. The number of nitriles is 2. The molecule has 0 radical (unpaired) electrons. The van der Waals surface area contributed by atoms with Gasteiger partial charge in [-0.25, -0.2) is 0 Å². The van der Waals surface area contributed by atoms with Gasteiger partial charge in [0, 0.05) is 66.4 Å². The van der Waals surface area contributed by atoms with Crippen LogP contribution in [0.25, 0.3) is 98.9 Å². The molecule has 11 aromatic carbocycles. The van der Waals surface area contributed by atoms with Crippen LogP contribution < -0.4 is 9.80 Å². The summed E-state index contributed by atoms with van der Waals surface area (Å²) >= 11 is 0. The number of anilines is 6. The van der Waals surface area contributed by atoms with E-state index in [1.54, 1.807) is 6.07 Å². The van der Waals surface area contributed by atoms with Gasteiger partial charge in [-0.05, 0) is 133 Å². The molecule has 8 nitrogen and oxygen atoms in total. The Labute approximate surface area is 435 Å². The van der Waals surface area contributed by atoms with Gasteiger partial charge in [-0.2, -0.15) is 10.5 Å². The van der Waals surface area contributed by atoms with Crippen LogP contribution in [0.1, 0.15) is 11.1 Å². The molecule has 4 aromatic heterocycles. The predicted octanol–water partition coefficient (Wildman–Crippen LogP) is 18.4. The summed E-state index contributed by atoms with van der Waals surface area (Å²) in [5, 5.41) is 30.0. The van der Waals surface area contributed by atoms with E-state index >= 15 is 0 Å². The highest BCUT2D eigenvalue weighted by atomic mass is 16.3. The number of nitrogens with zero attached hydrogens (tertiary/aromatic N) is 6. The van der Waals surface area contributed by atoms with Crippen LogP contribution >= 0.6 is 0 Å². The van der Waals surface area contributed by atoms with Crippen molar-refractivity contribution in [3.05, 3.63) is 254 Å². The number of fused-ring (bicyclic) bond motifs is 14. The fraction of sp³-hybridized carbons (Fsp3) is 0. The van der Waals surface area contributed by atoms with Gasteiger partial charge < -0.3 is 27.8 Å². The lowest BCUT2D eigenvalue weighted by atomic mass is 10.1. The van der Waals surface area contributed by atoms with E-state index in [0.717, 1.165) is 122 Å². The standard InChI is InChI=1S/C68H40N6O2/c69-41-43-37-44(42-70)66(74-58-34-30-50(72(47-21-9-3-10-22-47)48-23-11-4-12-24-48)40-56(58)65-60(74)36-32-54-52-26-14-16-28-63(52)76-68(54)65)61(38-43)73-57-33-29-49(71(45-17-5-1-6-18-45)46-19-7-2-8-20-46)39-55(57)64-59(73)35-31-53-51-25-13-15-27-62(51)75-67(53)64/h1-40H. The topological polar surface area (TPSA) is 90.2 Å². The molecule has 15 rings (SSSR count). The first-order valence-electron chi connectivity index (χ1n) is 25.2. The number of hydrogen-bond donors (Lipinski definition) is 0. The zero-order valence-corrected chi connectivity index (χ0v) is 40.6. The van der Waals surface area contributed by atoms with Crippen molar-refractivity contribution in [3.63, 3.8) is 0 Å². The van der Waals surface area contributed by atoms with Gasteiger partial charge in [-0.3, -0.25) is 0 Å². The molecule has 4 heterocycles. The number of rotatable bonds is 8. The monoisotopic (exact) mass is 972 g/mol. The highest BCUT2D eigenvalue weighted by molar-refractivity contribution is 6.26. The zero-order valence-electron chi connectivity index (χ0n) is 40.6. The summed E-state index contributed by atoms with van der Waals surface area (Å²) in [6, 6.07) is 88.1. The first-order valence-corrected chi connectivity index (χ1v) is 25.2. The summed E-state index contributed by atoms with van der Waals surface area (Å²) in [6.07, 6.45) is 0. The SMILES string of the molecule is N#Cc1cc(C#N)c(-n2c3ccc(N(c4ccccc4)c4ccccc4)cc3c3c4oc5ccccc5c4ccc32)c(-n2c3ccc(N(c4ccccc4)c4ccccc4)cc3c3c4oc5ccccc5c4ccc32)c1. The fourth-order valence-electron chi connectivity index (χ4n) is 11.7. The minimum atomic E-state index is 0.340. The molecule has 0 N–H and O–H groups in total. The van der Waals surface area contributed by atoms with Crippen LogP contribution in [0, 0.1) is 22.7 Å². The van der Waals surface area contributed by atoms with Crippen LogP contribution in [-0.4, -0.2) is 9.13 Å². The predicted molar refractivity (Wildman–Crippen MR) is 308 cm³/mol. The Morgan fingerprint density at radius 1 is 0.329 bits per heavy atom. The van der Waals surface area contributed by atoms with Gasteiger partial charge in [0.1, 0.15) is 28.4 Å². The molecule has 8 heteroatoms.